The lowest BCUT2D eigenvalue weighted by atomic mass is 10.1. The van der Waals surface area contributed by atoms with E-state index in [-0.39, 0.29) is 13.2 Å². The first-order chi connectivity index (χ1) is 16.7. The van der Waals surface area contributed by atoms with Gasteiger partial charge in [-0.05, 0) is 12.8 Å². The van der Waals surface area contributed by atoms with Gasteiger partial charge in [0.25, 0.3) is 0 Å². The van der Waals surface area contributed by atoms with E-state index in [1.165, 1.54) is 89.9 Å². The lowest BCUT2D eigenvalue weighted by Crippen LogP contribution is -2.25. The van der Waals surface area contributed by atoms with Gasteiger partial charge >= 0.3 is 0 Å². The largest absolute Gasteiger partial charge is 0.388 e. The highest BCUT2D eigenvalue weighted by molar-refractivity contribution is 4.54. The molecular weight excluding hydrogens is 432 g/mol. The van der Waals surface area contributed by atoms with Gasteiger partial charge in [-0.15, -0.1) is 0 Å². The van der Waals surface area contributed by atoms with Crippen molar-refractivity contribution in [3.05, 3.63) is 0 Å². The van der Waals surface area contributed by atoms with Gasteiger partial charge in [0.2, 0.25) is 0 Å². The summed E-state index contributed by atoms with van der Waals surface area (Å²) < 4.78 is 21.9. The third-order valence-electron chi connectivity index (χ3n) is 5.90. The van der Waals surface area contributed by atoms with Crippen molar-refractivity contribution in [1.29, 1.82) is 0 Å². The summed E-state index contributed by atoms with van der Waals surface area (Å²) in [6, 6.07) is 0. The van der Waals surface area contributed by atoms with Crippen molar-refractivity contribution >= 4 is 0 Å². The second kappa shape index (κ2) is 29.0. The van der Waals surface area contributed by atoms with Crippen LogP contribution in [0.25, 0.3) is 0 Å². The molecule has 0 spiro atoms. The molecule has 0 aliphatic heterocycles. The van der Waals surface area contributed by atoms with Crippen molar-refractivity contribution in [3.8, 4) is 0 Å². The van der Waals surface area contributed by atoms with Gasteiger partial charge < -0.3 is 29.2 Å². The minimum Gasteiger partial charge on any atom is -0.388 e. The smallest absolute Gasteiger partial charge is 0.101 e. The second-order valence-corrected chi connectivity index (χ2v) is 9.56. The van der Waals surface area contributed by atoms with E-state index in [1.54, 1.807) is 0 Å². The molecule has 0 aromatic heterocycles. The lowest BCUT2D eigenvalue weighted by Gasteiger charge is -2.14. The van der Waals surface area contributed by atoms with Gasteiger partial charge in [-0.25, -0.2) is 0 Å². The number of aliphatic hydroxyl groups is 2. The van der Waals surface area contributed by atoms with Crippen molar-refractivity contribution < 1.29 is 29.2 Å². The predicted octanol–water partition coefficient (Wildman–Crippen LogP) is 6.06. The molecule has 0 aliphatic carbocycles. The molecule has 0 aromatic rings. The van der Waals surface area contributed by atoms with E-state index in [2.05, 4.69) is 13.8 Å². The van der Waals surface area contributed by atoms with Crippen LogP contribution in [0.5, 0.6) is 0 Å². The highest BCUT2D eigenvalue weighted by atomic mass is 16.5. The van der Waals surface area contributed by atoms with Crippen LogP contribution in [0.4, 0.5) is 0 Å². The van der Waals surface area contributed by atoms with Gasteiger partial charge in [-0.1, -0.05) is 104 Å². The topological polar surface area (TPSA) is 77.4 Å². The van der Waals surface area contributed by atoms with Crippen LogP contribution in [0.3, 0.4) is 0 Å². The SMILES string of the molecule is CCCCCCCCCCOCC(O)COCCOCC(O)COCCCCCCCCCC. The van der Waals surface area contributed by atoms with Crippen LogP contribution in [-0.4, -0.2) is 75.3 Å². The minimum atomic E-state index is -0.607. The molecule has 6 heteroatoms. The number of ether oxygens (including phenoxy) is 4. The molecule has 34 heavy (non-hydrogen) atoms. The number of unbranched alkanes of at least 4 members (excludes halogenated alkanes) is 14. The standard InChI is InChI=1S/C28H58O6/c1-3-5-7-9-11-13-15-17-19-31-23-27(29)25-33-21-22-34-26-28(30)24-32-20-18-16-14-12-10-8-6-4-2/h27-30H,3-26H2,1-2H3. The Kier molecular flexibility index (Phi) is 28.8. The van der Waals surface area contributed by atoms with Crippen LogP contribution < -0.4 is 0 Å². The molecule has 0 heterocycles. The summed E-state index contributed by atoms with van der Waals surface area (Å²) in [5.41, 5.74) is 0. The van der Waals surface area contributed by atoms with Crippen molar-refractivity contribution in [1.82, 2.24) is 0 Å². The Labute approximate surface area is 211 Å². The quantitative estimate of drug-likeness (QED) is 0.124. The fourth-order valence-electron chi connectivity index (χ4n) is 3.77. The molecule has 0 radical (unpaired) electrons. The van der Waals surface area contributed by atoms with Crippen molar-refractivity contribution in [2.24, 2.45) is 0 Å². The Morgan fingerprint density at radius 1 is 0.382 bits per heavy atom. The summed E-state index contributed by atoms with van der Waals surface area (Å²) in [7, 11) is 0. The molecule has 2 N–H and O–H groups in total. The van der Waals surface area contributed by atoms with E-state index in [0.29, 0.717) is 39.6 Å². The zero-order valence-corrected chi connectivity index (χ0v) is 22.7. The predicted molar refractivity (Wildman–Crippen MR) is 141 cm³/mol. The summed E-state index contributed by atoms with van der Waals surface area (Å²) in [4.78, 5) is 0. The maximum atomic E-state index is 9.89. The molecule has 6 nitrogen and oxygen atoms in total. The van der Waals surface area contributed by atoms with Crippen molar-refractivity contribution in [2.75, 3.05) is 52.9 Å². The Balaban J connectivity index is 3.25. The van der Waals surface area contributed by atoms with Crippen molar-refractivity contribution in [3.63, 3.8) is 0 Å². The van der Waals surface area contributed by atoms with Crippen LogP contribution in [0.1, 0.15) is 117 Å². The molecule has 0 bridgehead atoms. The highest BCUT2D eigenvalue weighted by Crippen LogP contribution is 2.09. The summed E-state index contributed by atoms with van der Waals surface area (Å²) in [6.45, 7) is 7.78. The number of aliphatic hydroxyl groups excluding tert-OH is 2. The first-order valence-corrected chi connectivity index (χ1v) is 14.4. The molecular formula is C28H58O6. The number of hydrogen-bond donors (Lipinski definition) is 2. The number of rotatable bonds is 29. The Morgan fingerprint density at radius 2 is 0.647 bits per heavy atom. The first-order valence-electron chi connectivity index (χ1n) is 14.4. The molecule has 2 atom stereocenters. The zero-order valence-electron chi connectivity index (χ0n) is 22.7. The van der Waals surface area contributed by atoms with Gasteiger partial charge in [0.05, 0.1) is 39.6 Å². The Bertz CT molecular complexity index is 335. The maximum absolute atomic E-state index is 9.89. The third-order valence-corrected chi connectivity index (χ3v) is 5.90. The van der Waals surface area contributed by atoms with Crippen LogP contribution in [0.2, 0.25) is 0 Å². The fourth-order valence-corrected chi connectivity index (χ4v) is 3.77. The van der Waals surface area contributed by atoms with E-state index < -0.39 is 12.2 Å². The summed E-state index contributed by atoms with van der Waals surface area (Å²) in [5.74, 6) is 0. The molecule has 0 aliphatic rings. The summed E-state index contributed by atoms with van der Waals surface area (Å²) in [6.07, 6.45) is 19.2. The van der Waals surface area contributed by atoms with Gasteiger partial charge in [-0.2, -0.15) is 0 Å². The second-order valence-electron chi connectivity index (χ2n) is 9.56. The van der Waals surface area contributed by atoms with Crippen LogP contribution in [0, 0.1) is 0 Å². The van der Waals surface area contributed by atoms with Gasteiger partial charge in [0, 0.05) is 13.2 Å². The van der Waals surface area contributed by atoms with Crippen LogP contribution in [-0.2, 0) is 18.9 Å². The Morgan fingerprint density at radius 3 is 0.971 bits per heavy atom. The molecule has 206 valence electrons. The molecule has 0 saturated heterocycles. The molecule has 0 amide bonds. The van der Waals surface area contributed by atoms with E-state index in [1.807, 2.05) is 0 Å². The molecule has 0 fully saturated rings. The minimum absolute atomic E-state index is 0.241. The summed E-state index contributed by atoms with van der Waals surface area (Å²) >= 11 is 0. The number of hydrogen-bond acceptors (Lipinski definition) is 6. The maximum Gasteiger partial charge on any atom is 0.101 e. The molecule has 2 unspecified atom stereocenters. The van der Waals surface area contributed by atoms with Gasteiger partial charge in [-0.3, -0.25) is 0 Å². The van der Waals surface area contributed by atoms with E-state index >= 15 is 0 Å². The fraction of sp³-hybridized carbons (Fsp3) is 1.00. The average Bonchev–Trinajstić information content (AvgIpc) is 2.83. The Hall–Kier alpha value is -0.240. The lowest BCUT2D eigenvalue weighted by molar-refractivity contribution is -0.0508. The molecule has 0 aromatic carbocycles. The van der Waals surface area contributed by atoms with Crippen LogP contribution >= 0.6 is 0 Å². The van der Waals surface area contributed by atoms with E-state index in [9.17, 15) is 10.2 Å². The van der Waals surface area contributed by atoms with Gasteiger partial charge in [0.15, 0.2) is 0 Å². The molecule has 0 rings (SSSR count). The zero-order chi connectivity index (χ0) is 25.0. The summed E-state index contributed by atoms with van der Waals surface area (Å²) in [5, 5.41) is 19.8. The highest BCUT2D eigenvalue weighted by Gasteiger charge is 2.06. The van der Waals surface area contributed by atoms with E-state index in [4.69, 9.17) is 18.9 Å². The average molecular weight is 491 g/mol. The molecule has 0 saturated carbocycles. The first kappa shape index (κ1) is 33.8. The van der Waals surface area contributed by atoms with Crippen LogP contribution in [0.15, 0.2) is 0 Å². The normalized spacial score (nSPS) is 13.4. The van der Waals surface area contributed by atoms with Gasteiger partial charge in [0.1, 0.15) is 12.2 Å². The third kappa shape index (κ3) is 28.0. The van der Waals surface area contributed by atoms with E-state index in [0.717, 1.165) is 12.8 Å². The monoisotopic (exact) mass is 490 g/mol. The van der Waals surface area contributed by atoms with Crippen molar-refractivity contribution in [2.45, 2.75) is 129 Å².